The van der Waals surface area contributed by atoms with Crippen LogP contribution >= 0.6 is 0 Å². The van der Waals surface area contributed by atoms with Gasteiger partial charge in [0.25, 0.3) is 5.91 Å². The molecular formula is C21H18FN3O3. The summed E-state index contributed by atoms with van der Waals surface area (Å²) in [5.41, 5.74) is 1.81. The van der Waals surface area contributed by atoms with Gasteiger partial charge in [-0.2, -0.15) is 0 Å². The van der Waals surface area contributed by atoms with Crippen molar-refractivity contribution in [2.45, 2.75) is 0 Å². The van der Waals surface area contributed by atoms with Gasteiger partial charge in [0.1, 0.15) is 11.6 Å². The molecule has 0 heterocycles. The first kappa shape index (κ1) is 18.9. The van der Waals surface area contributed by atoms with Gasteiger partial charge >= 0.3 is 6.03 Å². The molecule has 0 aliphatic carbocycles. The first-order chi connectivity index (χ1) is 13.5. The van der Waals surface area contributed by atoms with Crippen LogP contribution in [0.2, 0.25) is 0 Å². The maximum atomic E-state index is 13.4. The van der Waals surface area contributed by atoms with Crippen LogP contribution in [-0.4, -0.2) is 19.0 Å². The Balaban J connectivity index is 1.62. The third-order valence-electron chi connectivity index (χ3n) is 3.84. The van der Waals surface area contributed by atoms with Crippen molar-refractivity contribution in [3.8, 4) is 5.75 Å². The SMILES string of the molecule is COc1ccc(F)cc1C(=O)Nc1ccc(NC(=O)Nc2ccccc2)cc1. The number of amides is 3. The van der Waals surface area contributed by atoms with Crippen LogP contribution in [0.4, 0.5) is 26.2 Å². The number of benzene rings is 3. The van der Waals surface area contributed by atoms with E-state index in [1.165, 1.54) is 19.2 Å². The molecule has 142 valence electrons. The first-order valence-electron chi connectivity index (χ1n) is 8.43. The average molecular weight is 379 g/mol. The first-order valence-corrected chi connectivity index (χ1v) is 8.43. The monoisotopic (exact) mass is 379 g/mol. The van der Waals surface area contributed by atoms with E-state index < -0.39 is 11.7 Å². The van der Waals surface area contributed by atoms with Gasteiger partial charge in [-0.15, -0.1) is 0 Å². The lowest BCUT2D eigenvalue weighted by Gasteiger charge is -2.11. The molecule has 0 unspecified atom stereocenters. The topological polar surface area (TPSA) is 79.5 Å². The van der Waals surface area contributed by atoms with Crippen LogP contribution in [-0.2, 0) is 0 Å². The number of anilines is 3. The van der Waals surface area contributed by atoms with Crippen molar-refractivity contribution in [3.05, 3.63) is 84.2 Å². The lowest BCUT2D eigenvalue weighted by atomic mass is 10.1. The highest BCUT2D eigenvalue weighted by atomic mass is 19.1. The summed E-state index contributed by atoms with van der Waals surface area (Å²) in [6, 6.07) is 18.9. The minimum Gasteiger partial charge on any atom is -0.496 e. The number of urea groups is 1. The highest BCUT2D eigenvalue weighted by molar-refractivity contribution is 6.06. The van der Waals surface area contributed by atoms with Crippen LogP contribution in [0.5, 0.6) is 5.75 Å². The normalized spacial score (nSPS) is 10.1. The predicted molar refractivity (Wildman–Crippen MR) is 106 cm³/mol. The molecule has 3 amide bonds. The number of hydrogen-bond donors (Lipinski definition) is 3. The molecule has 0 aliphatic rings. The van der Waals surface area contributed by atoms with Crippen LogP contribution in [0.25, 0.3) is 0 Å². The van der Waals surface area contributed by atoms with E-state index >= 15 is 0 Å². The molecule has 0 aromatic heterocycles. The number of carbonyl (C=O) groups is 2. The zero-order valence-electron chi connectivity index (χ0n) is 15.0. The number of carbonyl (C=O) groups excluding carboxylic acids is 2. The largest absolute Gasteiger partial charge is 0.496 e. The van der Waals surface area contributed by atoms with E-state index in [4.69, 9.17) is 4.74 Å². The molecule has 0 saturated heterocycles. The van der Waals surface area contributed by atoms with Crippen molar-refractivity contribution in [2.24, 2.45) is 0 Å². The molecule has 28 heavy (non-hydrogen) atoms. The minimum absolute atomic E-state index is 0.0898. The molecule has 3 aromatic rings. The number of methoxy groups -OCH3 is 1. The molecule has 3 aromatic carbocycles. The average Bonchev–Trinajstić information content (AvgIpc) is 2.70. The second-order valence-electron chi connectivity index (χ2n) is 5.82. The molecule has 0 radical (unpaired) electrons. The Morgan fingerprint density at radius 3 is 1.96 bits per heavy atom. The van der Waals surface area contributed by atoms with Crippen LogP contribution in [0.1, 0.15) is 10.4 Å². The molecule has 0 fully saturated rings. The Morgan fingerprint density at radius 2 is 1.36 bits per heavy atom. The molecule has 0 saturated carbocycles. The van der Waals surface area contributed by atoms with Crippen molar-refractivity contribution in [2.75, 3.05) is 23.1 Å². The zero-order chi connectivity index (χ0) is 19.9. The number of hydrogen-bond acceptors (Lipinski definition) is 3. The molecule has 3 N–H and O–H groups in total. The third kappa shape index (κ3) is 4.85. The van der Waals surface area contributed by atoms with Gasteiger partial charge in [-0.1, -0.05) is 18.2 Å². The van der Waals surface area contributed by atoms with Crippen LogP contribution < -0.4 is 20.7 Å². The molecule has 7 heteroatoms. The lowest BCUT2D eigenvalue weighted by molar-refractivity contribution is 0.102. The summed E-state index contributed by atoms with van der Waals surface area (Å²) in [5.74, 6) is -0.761. The van der Waals surface area contributed by atoms with E-state index in [9.17, 15) is 14.0 Å². The molecule has 0 bridgehead atoms. The zero-order valence-corrected chi connectivity index (χ0v) is 15.0. The van der Waals surface area contributed by atoms with Crippen molar-refractivity contribution in [1.29, 1.82) is 0 Å². The Hall–Kier alpha value is -3.87. The summed E-state index contributed by atoms with van der Waals surface area (Å²) < 4.78 is 18.5. The number of rotatable bonds is 5. The second-order valence-corrected chi connectivity index (χ2v) is 5.82. The fraction of sp³-hybridized carbons (Fsp3) is 0.0476. The van der Waals surface area contributed by atoms with E-state index in [1.54, 1.807) is 36.4 Å². The van der Waals surface area contributed by atoms with Gasteiger partial charge in [0.2, 0.25) is 0 Å². The van der Waals surface area contributed by atoms with Gasteiger partial charge < -0.3 is 20.7 Å². The Bertz CT molecular complexity index is 976. The fourth-order valence-corrected chi connectivity index (χ4v) is 2.51. The quantitative estimate of drug-likeness (QED) is 0.600. The summed E-state index contributed by atoms with van der Waals surface area (Å²) in [6.45, 7) is 0. The van der Waals surface area contributed by atoms with Crippen molar-refractivity contribution in [1.82, 2.24) is 0 Å². The van der Waals surface area contributed by atoms with Gasteiger partial charge in [-0.25, -0.2) is 9.18 Å². The van der Waals surface area contributed by atoms with Crippen molar-refractivity contribution < 1.29 is 18.7 Å². The maximum absolute atomic E-state index is 13.4. The molecular weight excluding hydrogens is 361 g/mol. The van der Waals surface area contributed by atoms with Gasteiger partial charge in [0.05, 0.1) is 12.7 Å². The molecule has 0 aliphatic heterocycles. The summed E-state index contributed by atoms with van der Waals surface area (Å²) in [4.78, 5) is 24.4. The maximum Gasteiger partial charge on any atom is 0.323 e. The Labute approximate surface area is 161 Å². The van der Waals surface area contributed by atoms with E-state index in [0.717, 1.165) is 6.07 Å². The Morgan fingerprint density at radius 1 is 0.786 bits per heavy atom. The lowest BCUT2D eigenvalue weighted by Crippen LogP contribution is -2.19. The molecule has 0 spiro atoms. The summed E-state index contributed by atoms with van der Waals surface area (Å²) in [5, 5.41) is 8.07. The highest BCUT2D eigenvalue weighted by Crippen LogP contribution is 2.21. The fourth-order valence-electron chi connectivity index (χ4n) is 2.51. The van der Waals surface area contributed by atoms with Crippen LogP contribution in [0.15, 0.2) is 72.8 Å². The highest BCUT2D eigenvalue weighted by Gasteiger charge is 2.14. The smallest absolute Gasteiger partial charge is 0.323 e. The van der Waals surface area contributed by atoms with E-state index in [-0.39, 0.29) is 17.3 Å². The number of ether oxygens (including phenoxy) is 1. The number of halogens is 1. The molecule has 6 nitrogen and oxygen atoms in total. The van der Waals surface area contributed by atoms with Crippen molar-refractivity contribution in [3.63, 3.8) is 0 Å². The molecule has 0 atom stereocenters. The van der Waals surface area contributed by atoms with Gasteiger partial charge in [-0.3, -0.25) is 4.79 Å². The van der Waals surface area contributed by atoms with Crippen LogP contribution in [0.3, 0.4) is 0 Å². The van der Waals surface area contributed by atoms with Crippen molar-refractivity contribution >= 4 is 29.0 Å². The predicted octanol–water partition coefficient (Wildman–Crippen LogP) is 4.73. The third-order valence-corrected chi connectivity index (χ3v) is 3.84. The minimum atomic E-state index is -0.532. The summed E-state index contributed by atoms with van der Waals surface area (Å²) in [7, 11) is 1.41. The standard InChI is InChI=1S/C21H18FN3O3/c1-28-19-12-7-14(22)13-18(19)20(26)23-16-8-10-17(11-9-16)25-21(27)24-15-5-3-2-4-6-15/h2-13H,1H3,(H,23,26)(H2,24,25,27). The van der Waals surface area contributed by atoms with E-state index in [1.807, 2.05) is 18.2 Å². The summed E-state index contributed by atoms with van der Waals surface area (Å²) in [6.07, 6.45) is 0. The number of nitrogens with one attached hydrogen (secondary N) is 3. The van der Waals surface area contributed by atoms with E-state index in [0.29, 0.717) is 17.1 Å². The van der Waals surface area contributed by atoms with E-state index in [2.05, 4.69) is 16.0 Å². The molecule has 3 rings (SSSR count). The van der Waals surface area contributed by atoms with Gasteiger partial charge in [0.15, 0.2) is 0 Å². The summed E-state index contributed by atoms with van der Waals surface area (Å²) >= 11 is 0. The van der Waals surface area contributed by atoms with Gasteiger partial charge in [0, 0.05) is 17.1 Å². The second kappa shape index (κ2) is 8.68. The Kier molecular flexibility index (Phi) is 5.86. The van der Waals surface area contributed by atoms with Crippen LogP contribution in [0, 0.1) is 5.82 Å². The van der Waals surface area contributed by atoms with Gasteiger partial charge in [-0.05, 0) is 54.6 Å². The number of para-hydroxylation sites is 1.